The van der Waals surface area contributed by atoms with Crippen molar-refractivity contribution in [2.24, 2.45) is 0 Å². The summed E-state index contributed by atoms with van der Waals surface area (Å²) in [7, 11) is 0. The summed E-state index contributed by atoms with van der Waals surface area (Å²) in [4.78, 5) is 20.7. The van der Waals surface area contributed by atoms with Crippen molar-refractivity contribution in [1.82, 2.24) is 0 Å². The fraction of sp³-hybridized carbons (Fsp3) is 0.0667. The molecule has 22 heavy (non-hydrogen) atoms. The van der Waals surface area contributed by atoms with Gasteiger partial charge in [-0.15, -0.1) is 0 Å². The number of fused-ring (bicyclic) bond motifs is 1. The molecule has 0 aliphatic carbocycles. The Morgan fingerprint density at radius 2 is 1.55 bits per heavy atom. The van der Waals surface area contributed by atoms with E-state index in [1.54, 1.807) is 24.3 Å². The molecule has 0 saturated heterocycles. The number of rotatable bonds is 3. The minimum atomic E-state index is -0.471. The zero-order valence-electron chi connectivity index (χ0n) is 11.3. The van der Waals surface area contributed by atoms with E-state index in [9.17, 15) is 20.2 Å². The molecule has 1 heterocycles. The van der Waals surface area contributed by atoms with Crippen LogP contribution in [-0.4, -0.2) is 16.5 Å². The van der Waals surface area contributed by atoms with E-state index < -0.39 is 9.85 Å². The number of ether oxygens (including phenoxy) is 1. The number of non-ortho nitro benzene ring substituents is 2. The van der Waals surface area contributed by atoms with Gasteiger partial charge in [-0.2, -0.15) is 0 Å². The molecule has 0 radical (unpaired) electrons. The lowest BCUT2D eigenvalue weighted by molar-refractivity contribution is -0.385. The molecule has 0 atom stereocenters. The molecule has 0 amide bonds. The summed E-state index contributed by atoms with van der Waals surface area (Å²) >= 11 is 0. The van der Waals surface area contributed by atoms with Gasteiger partial charge in [-0.25, -0.2) is 0 Å². The molecule has 2 aromatic rings. The van der Waals surface area contributed by atoms with Gasteiger partial charge in [-0.3, -0.25) is 20.2 Å². The van der Waals surface area contributed by atoms with Gasteiger partial charge >= 0.3 is 0 Å². The zero-order valence-corrected chi connectivity index (χ0v) is 11.3. The van der Waals surface area contributed by atoms with Crippen LogP contribution in [0.2, 0.25) is 0 Å². The van der Waals surface area contributed by atoms with Gasteiger partial charge < -0.3 is 4.74 Å². The summed E-state index contributed by atoms with van der Waals surface area (Å²) in [6.07, 6.45) is 1.80. The highest BCUT2D eigenvalue weighted by molar-refractivity contribution is 5.85. The average Bonchev–Trinajstić information content (AvgIpc) is 2.53. The summed E-state index contributed by atoms with van der Waals surface area (Å²) < 4.78 is 5.46. The Morgan fingerprint density at radius 3 is 2.18 bits per heavy atom. The Kier molecular flexibility index (Phi) is 3.30. The highest BCUT2D eigenvalue weighted by atomic mass is 16.6. The fourth-order valence-corrected chi connectivity index (χ4v) is 2.33. The van der Waals surface area contributed by atoms with Gasteiger partial charge in [-0.05, 0) is 35.4 Å². The van der Waals surface area contributed by atoms with Gasteiger partial charge in [0.25, 0.3) is 11.4 Å². The topological polar surface area (TPSA) is 95.5 Å². The average molecular weight is 298 g/mol. The lowest BCUT2D eigenvalue weighted by atomic mass is 9.95. The summed E-state index contributed by atoms with van der Waals surface area (Å²) in [6.45, 7) is 0.344. The normalized spacial score (nSPS) is 12.8. The number of hydrogen-bond acceptors (Lipinski definition) is 5. The van der Waals surface area contributed by atoms with Crippen molar-refractivity contribution in [1.29, 1.82) is 0 Å². The molecule has 2 aromatic carbocycles. The maximum Gasteiger partial charge on any atom is 0.270 e. The van der Waals surface area contributed by atoms with Gasteiger partial charge in [0.1, 0.15) is 12.4 Å². The smallest absolute Gasteiger partial charge is 0.270 e. The highest BCUT2D eigenvalue weighted by Gasteiger charge is 2.19. The number of hydrogen-bond donors (Lipinski definition) is 0. The van der Waals surface area contributed by atoms with E-state index >= 15 is 0 Å². The first-order chi connectivity index (χ1) is 10.6. The van der Waals surface area contributed by atoms with Gasteiger partial charge in [0, 0.05) is 29.8 Å². The van der Waals surface area contributed by atoms with Crippen LogP contribution in [-0.2, 0) is 0 Å². The molecule has 0 saturated carbocycles. The van der Waals surface area contributed by atoms with Crippen molar-refractivity contribution in [2.45, 2.75) is 0 Å². The summed E-state index contributed by atoms with van der Waals surface area (Å²) in [5.41, 5.74) is 2.08. The van der Waals surface area contributed by atoms with Crippen LogP contribution in [0.5, 0.6) is 5.75 Å². The molecule has 0 unspecified atom stereocenters. The van der Waals surface area contributed by atoms with Crippen LogP contribution in [0.4, 0.5) is 11.4 Å². The van der Waals surface area contributed by atoms with Crippen LogP contribution < -0.4 is 4.74 Å². The molecule has 1 aliphatic rings. The van der Waals surface area contributed by atoms with E-state index in [1.165, 1.54) is 24.3 Å². The Labute approximate surface area is 124 Å². The summed E-state index contributed by atoms with van der Waals surface area (Å²) in [6, 6.07) is 10.5. The third kappa shape index (κ3) is 2.39. The quantitative estimate of drug-likeness (QED) is 0.639. The fourth-order valence-electron chi connectivity index (χ4n) is 2.33. The van der Waals surface area contributed by atoms with Crippen molar-refractivity contribution < 1.29 is 14.6 Å². The lowest BCUT2D eigenvalue weighted by Crippen LogP contribution is -2.06. The zero-order chi connectivity index (χ0) is 15.7. The van der Waals surface area contributed by atoms with Crippen molar-refractivity contribution >= 4 is 16.9 Å². The third-order valence-electron chi connectivity index (χ3n) is 3.38. The molecule has 0 bridgehead atoms. The Hall–Kier alpha value is -3.22. The van der Waals surface area contributed by atoms with E-state index in [1.807, 2.05) is 0 Å². The highest BCUT2D eigenvalue weighted by Crippen LogP contribution is 2.36. The standard InChI is InChI=1S/C15H10N2O5/c18-16(19)11-3-1-10(2-4-11)13-7-8-22-15-6-5-12(17(20)21)9-14(13)15/h1-7,9H,8H2. The first kappa shape index (κ1) is 13.7. The molecule has 1 aliphatic heterocycles. The Balaban J connectivity index is 2.06. The van der Waals surface area contributed by atoms with Gasteiger partial charge in [0.15, 0.2) is 0 Å². The van der Waals surface area contributed by atoms with Crippen LogP contribution in [0.3, 0.4) is 0 Å². The van der Waals surface area contributed by atoms with E-state index in [2.05, 4.69) is 0 Å². The number of nitro groups is 2. The minimum absolute atomic E-state index is 0.00400. The van der Waals surface area contributed by atoms with Crippen LogP contribution in [0.15, 0.2) is 48.5 Å². The maximum absolute atomic E-state index is 10.9. The molecule has 0 spiro atoms. The van der Waals surface area contributed by atoms with E-state index in [-0.39, 0.29) is 11.4 Å². The van der Waals surface area contributed by atoms with Crippen LogP contribution >= 0.6 is 0 Å². The molecule has 0 fully saturated rings. The number of benzene rings is 2. The van der Waals surface area contributed by atoms with Crippen molar-refractivity contribution in [2.75, 3.05) is 6.61 Å². The molecular weight excluding hydrogens is 288 g/mol. The second-order valence-electron chi connectivity index (χ2n) is 4.67. The van der Waals surface area contributed by atoms with E-state index in [0.717, 1.165) is 11.1 Å². The predicted molar refractivity (Wildman–Crippen MR) is 78.8 cm³/mol. The second-order valence-corrected chi connectivity index (χ2v) is 4.67. The van der Waals surface area contributed by atoms with E-state index in [4.69, 9.17) is 4.74 Å². The molecule has 0 aromatic heterocycles. The predicted octanol–water partition coefficient (Wildman–Crippen LogP) is 3.33. The van der Waals surface area contributed by atoms with Crippen molar-refractivity contribution in [3.8, 4) is 5.75 Å². The molecular formula is C15H10N2O5. The largest absolute Gasteiger partial charge is 0.489 e. The van der Waals surface area contributed by atoms with Crippen molar-refractivity contribution in [3.63, 3.8) is 0 Å². The third-order valence-corrected chi connectivity index (χ3v) is 3.38. The summed E-state index contributed by atoms with van der Waals surface area (Å²) in [5, 5.41) is 21.6. The number of nitrogens with zero attached hydrogens (tertiary/aromatic N) is 2. The maximum atomic E-state index is 10.9. The van der Waals surface area contributed by atoms with Crippen LogP contribution in [0.25, 0.3) is 5.57 Å². The molecule has 0 N–H and O–H groups in total. The Morgan fingerprint density at radius 1 is 0.909 bits per heavy atom. The monoisotopic (exact) mass is 298 g/mol. The molecule has 3 rings (SSSR count). The number of nitro benzene ring substituents is 2. The molecule has 7 nitrogen and oxygen atoms in total. The first-order valence-corrected chi connectivity index (χ1v) is 6.43. The van der Waals surface area contributed by atoms with Crippen molar-refractivity contribution in [3.05, 3.63) is 79.9 Å². The second kappa shape index (κ2) is 5.28. The first-order valence-electron chi connectivity index (χ1n) is 6.43. The lowest BCUT2D eigenvalue weighted by Gasteiger charge is -2.18. The van der Waals surface area contributed by atoms with E-state index in [0.29, 0.717) is 17.9 Å². The Bertz CT molecular complexity index is 796. The molecule has 7 heteroatoms. The van der Waals surface area contributed by atoms with Crippen LogP contribution in [0, 0.1) is 20.2 Å². The minimum Gasteiger partial charge on any atom is -0.489 e. The summed E-state index contributed by atoms with van der Waals surface area (Å²) in [5.74, 6) is 0.557. The van der Waals surface area contributed by atoms with Crippen LogP contribution in [0.1, 0.15) is 11.1 Å². The van der Waals surface area contributed by atoms with Gasteiger partial charge in [0.2, 0.25) is 0 Å². The van der Waals surface area contributed by atoms with Gasteiger partial charge in [0.05, 0.1) is 9.85 Å². The van der Waals surface area contributed by atoms with Gasteiger partial charge in [-0.1, -0.05) is 0 Å². The molecule has 110 valence electrons. The SMILES string of the molecule is O=[N+]([O-])c1ccc(C2=CCOc3ccc([N+](=O)[O-])cc32)cc1.